The summed E-state index contributed by atoms with van der Waals surface area (Å²) < 4.78 is 5.36. The summed E-state index contributed by atoms with van der Waals surface area (Å²) in [4.78, 5) is 45.7. The van der Waals surface area contributed by atoms with Gasteiger partial charge in [-0.15, -0.1) is 0 Å². The zero-order valence-electron chi connectivity index (χ0n) is 60.2. The molecule has 0 radical (unpaired) electrons. The number of nitrogens with one attached hydrogen (secondary N) is 1. The summed E-state index contributed by atoms with van der Waals surface area (Å²) in [6, 6.07) is 6.51. The molecular formula is C78H150N6O6. The molecule has 1 aromatic carbocycles. The second-order valence-electron chi connectivity index (χ2n) is 27.9. The van der Waals surface area contributed by atoms with Crippen LogP contribution in [0.25, 0.3) is 0 Å². The first-order valence-corrected chi connectivity index (χ1v) is 39.3. The Labute approximate surface area is 557 Å². The number of methoxy groups -OCH3 is 1. The summed E-state index contributed by atoms with van der Waals surface area (Å²) in [7, 11) is 1.62. The fourth-order valence-corrected chi connectivity index (χ4v) is 13.2. The number of aliphatic hydroxyl groups excluding tert-OH is 2. The summed E-state index contributed by atoms with van der Waals surface area (Å²) in [5, 5.41) is 34.0. The molecule has 0 aliphatic rings. The lowest BCUT2D eigenvalue weighted by molar-refractivity contribution is 0.0801. The Hall–Kier alpha value is -2.51. The van der Waals surface area contributed by atoms with Crippen molar-refractivity contribution in [3.8, 4) is 5.75 Å². The number of hydrogen-bond donors (Lipinski definition) is 3. The van der Waals surface area contributed by atoms with Crippen LogP contribution in [0.5, 0.6) is 5.75 Å². The van der Waals surface area contributed by atoms with Crippen molar-refractivity contribution >= 4 is 5.91 Å². The van der Waals surface area contributed by atoms with Crippen molar-refractivity contribution in [3.05, 3.63) is 39.6 Å². The van der Waals surface area contributed by atoms with Crippen LogP contribution >= 0.6 is 0 Å². The van der Waals surface area contributed by atoms with Gasteiger partial charge in [-0.3, -0.25) is 19.5 Å². The van der Waals surface area contributed by atoms with Gasteiger partial charge in [0.1, 0.15) is 17.8 Å². The van der Waals surface area contributed by atoms with Crippen LogP contribution in [0.3, 0.4) is 0 Å². The lowest BCUT2D eigenvalue weighted by atomic mass is 10.0. The smallest absolute Gasteiger partial charge is 0.251 e. The molecule has 0 aliphatic carbocycles. The van der Waals surface area contributed by atoms with E-state index in [2.05, 4.69) is 58.1 Å². The molecule has 528 valence electrons. The van der Waals surface area contributed by atoms with Gasteiger partial charge in [0, 0.05) is 71.0 Å². The Balaban J connectivity index is 3.22. The Bertz CT molecular complexity index is 1570. The first kappa shape index (κ1) is 85.5. The van der Waals surface area contributed by atoms with Gasteiger partial charge in [0.15, 0.2) is 0 Å². The second kappa shape index (κ2) is 66.5. The molecule has 0 saturated heterocycles. The van der Waals surface area contributed by atoms with Crippen molar-refractivity contribution < 1.29 is 19.7 Å². The molecule has 0 fully saturated rings. The third-order valence-electron chi connectivity index (χ3n) is 19.3. The molecule has 0 aliphatic heterocycles. The summed E-state index contributed by atoms with van der Waals surface area (Å²) >= 11 is 0. The van der Waals surface area contributed by atoms with Gasteiger partial charge in [0.25, 0.3) is 5.91 Å². The van der Waals surface area contributed by atoms with Gasteiger partial charge in [0.2, 0.25) is 0 Å². The van der Waals surface area contributed by atoms with Crippen LogP contribution in [-0.4, -0.2) is 128 Å². The van der Waals surface area contributed by atoms with Crippen molar-refractivity contribution in [2.45, 2.75) is 386 Å². The summed E-state index contributed by atoms with van der Waals surface area (Å²) in [6.07, 6.45) is 63.2. The molecule has 1 amide bonds. The molecule has 12 heteroatoms. The highest BCUT2D eigenvalue weighted by molar-refractivity contribution is 5.94. The number of aliphatic hydroxyl groups is 2. The third-order valence-corrected chi connectivity index (χ3v) is 19.3. The van der Waals surface area contributed by atoms with Gasteiger partial charge in [-0.2, -0.15) is 9.81 Å². The van der Waals surface area contributed by atoms with Gasteiger partial charge in [-0.25, -0.2) is 0 Å². The highest BCUT2D eigenvalue weighted by atomic mass is 16.5. The minimum atomic E-state index is -0.496. The van der Waals surface area contributed by atoms with Gasteiger partial charge >= 0.3 is 0 Å². The number of hydrogen-bond acceptors (Lipinski definition) is 11. The third kappa shape index (κ3) is 54.8. The molecule has 1 rings (SSSR count). The molecule has 0 heterocycles. The van der Waals surface area contributed by atoms with E-state index in [1.807, 2.05) is 12.1 Å². The lowest BCUT2D eigenvalue weighted by Crippen LogP contribution is -2.47. The molecular weight excluding hydrogens is 1120 g/mol. The lowest BCUT2D eigenvalue weighted by Gasteiger charge is -2.32. The van der Waals surface area contributed by atoms with Crippen LogP contribution in [0.2, 0.25) is 0 Å². The van der Waals surface area contributed by atoms with Gasteiger partial charge in [-0.05, 0) is 49.9 Å². The molecule has 12 nitrogen and oxygen atoms in total. The quantitative estimate of drug-likeness (QED) is 0.0428. The minimum absolute atomic E-state index is 0.141. The first-order valence-electron chi connectivity index (χ1n) is 39.3. The number of nitroso groups, excluding NO2 is 2. The maximum absolute atomic E-state index is 13.5. The Morgan fingerprint density at radius 3 is 0.889 bits per heavy atom. The SMILES string of the molecule is CCCCCCCCCCCCCCC(O)CN(CCN(CCNC(=O)c1ccc(OC)cc1)CCN(CC(O)CCCCCCCCCCCCCC)CC(CCCCCCCCCCCCCC)N=O)CC(CCCCCCCCCCCCCC)N=O. The molecule has 3 N–H and O–H groups in total. The normalized spacial score (nSPS) is 13.2. The maximum Gasteiger partial charge on any atom is 0.251 e. The van der Waals surface area contributed by atoms with E-state index in [9.17, 15) is 24.8 Å². The fourth-order valence-electron chi connectivity index (χ4n) is 13.2. The van der Waals surface area contributed by atoms with E-state index in [-0.39, 0.29) is 18.0 Å². The topological polar surface area (TPSA) is 147 Å². The van der Waals surface area contributed by atoms with E-state index < -0.39 is 12.2 Å². The predicted molar refractivity (Wildman–Crippen MR) is 389 cm³/mol. The number of amides is 1. The number of carbonyl (C=O) groups is 1. The number of rotatable bonds is 73. The molecule has 0 bridgehead atoms. The number of benzene rings is 1. The Morgan fingerprint density at radius 2 is 0.622 bits per heavy atom. The monoisotopic (exact) mass is 1270 g/mol. The second-order valence-corrected chi connectivity index (χ2v) is 27.9. The van der Waals surface area contributed by atoms with E-state index in [0.29, 0.717) is 76.8 Å². The van der Waals surface area contributed by atoms with Crippen molar-refractivity contribution in [3.63, 3.8) is 0 Å². The van der Waals surface area contributed by atoms with Crippen molar-refractivity contribution in [1.29, 1.82) is 0 Å². The van der Waals surface area contributed by atoms with Crippen LogP contribution in [0, 0.1) is 9.81 Å². The molecule has 0 spiro atoms. The van der Waals surface area contributed by atoms with Crippen LogP contribution in [-0.2, 0) is 0 Å². The van der Waals surface area contributed by atoms with Crippen LogP contribution < -0.4 is 10.1 Å². The Kier molecular flexibility index (Phi) is 63.2. The molecule has 90 heavy (non-hydrogen) atoms. The molecule has 4 unspecified atom stereocenters. The van der Waals surface area contributed by atoms with Gasteiger partial charge in [0.05, 0.1) is 19.3 Å². The average molecular weight is 1270 g/mol. The van der Waals surface area contributed by atoms with E-state index >= 15 is 0 Å². The highest BCUT2D eigenvalue weighted by Gasteiger charge is 2.22. The Morgan fingerprint density at radius 1 is 0.367 bits per heavy atom. The van der Waals surface area contributed by atoms with Crippen molar-refractivity contribution in [2.75, 3.05) is 72.6 Å². The summed E-state index contributed by atoms with van der Waals surface area (Å²) in [6.45, 7) is 14.8. The molecule has 0 saturated carbocycles. The highest BCUT2D eigenvalue weighted by Crippen LogP contribution is 2.20. The maximum atomic E-state index is 13.5. The zero-order valence-corrected chi connectivity index (χ0v) is 60.2. The molecule has 0 aromatic heterocycles. The largest absolute Gasteiger partial charge is 0.497 e. The fraction of sp³-hybridized carbons (Fsp3) is 0.910. The number of carbonyl (C=O) groups excluding carboxylic acids is 1. The minimum Gasteiger partial charge on any atom is -0.497 e. The van der Waals surface area contributed by atoms with Crippen LogP contribution in [0.1, 0.15) is 372 Å². The molecule has 1 aromatic rings. The van der Waals surface area contributed by atoms with E-state index in [0.717, 1.165) is 77.0 Å². The van der Waals surface area contributed by atoms with Crippen molar-refractivity contribution in [2.24, 2.45) is 10.4 Å². The number of ether oxygens (including phenoxy) is 1. The van der Waals surface area contributed by atoms with Crippen molar-refractivity contribution in [1.82, 2.24) is 20.0 Å². The number of unbranched alkanes of at least 4 members (excludes halogenated alkanes) is 44. The standard InChI is InChI=1S/C78H150N6O6/c1-6-10-14-18-22-26-30-34-38-42-46-50-54-73(80-88)68-83(70-75(85)56-52-48-44-40-36-32-28-24-20-16-12-8-3)66-64-82(63-62-79-78(87)72-58-60-77(90-5)61-59-72)65-67-84(71-76(86)57-53-49-45-41-37-33-29-25-21-17-13-9-4)69-74(81-89)55-51-47-43-39-35-31-27-23-19-15-11-7-2/h58-61,73-76,85-86H,6-57,62-71H2,1-5H3,(H,79,87). The predicted octanol–water partition coefficient (Wildman–Crippen LogP) is 21.7. The van der Waals surface area contributed by atoms with Gasteiger partial charge in [-0.1, -0.05) is 346 Å². The summed E-state index contributed by atoms with van der Waals surface area (Å²) in [5.41, 5.74) is 0.574. The number of nitrogens with zero attached hydrogens (tertiary/aromatic N) is 5. The first-order chi connectivity index (χ1) is 44.2. The van der Waals surface area contributed by atoms with E-state index in [1.165, 1.54) is 257 Å². The summed E-state index contributed by atoms with van der Waals surface area (Å²) in [5.74, 6) is 0.561. The average Bonchev–Trinajstić information content (AvgIpc) is 3.70. The molecule has 4 atom stereocenters. The zero-order chi connectivity index (χ0) is 65.3. The van der Waals surface area contributed by atoms with Crippen LogP contribution in [0.15, 0.2) is 34.6 Å². The van der Waals surface area contributed by atoms with E-state index in [1.54, 1.807) is 19.2 Å². The van der Waals surface area contributed by atoms with E-state index in [4.69, 9.17) is 4.74 Å². The van der Waals surface area contributed by atoms with Crippen LogP contribution in [0.4, 0.5) is 0 Å². The van der Waals surface area contributed by atoms with Gasteiger partial charge < -0.3 is 20.3 Å².